The Morgan fingerprint density at radius 3 is 3.10 bits per heavy atom. The number of rotatable bonds is 6. The van der Waals surface area contributed by atoms with Crippen LogP contribution in [0.3, 0.4) is 0 Å². The second-order valence-electron chi connectivity index (χ2n) is 4.90. The van der Waals surface area contributed by atoms with Crippen molar-refractivity contribution < 1.29 is 0 Å². The van der Waals surface area contributed by atoms with Gasteiger partial charge in [-0.3, -0.25) is 4.68 Å². The average molecular weight is 286 g/mol. The van der Waals surface area contributed by atoms with E-state index in [0.29, 0.717) is 6.04 Å². The molecular weight excluding hydrogens is 268 g/mol. The minimum absolute atomic E-state index is 0.412. The van der Waals surface area contributed by atoms with E-state index in [-0.39, 0.29) is 0 Å². The predicted molar refractivity (Wildman–Crippen MR) is 82.8 cm³/mol. The Hall–Kier alpha value is -1.72. The van der Waals surface area contributed by atoms with Crippen LogP contribution in [0.25, 0.3) is 10.1 Å². The summed E-state index contributed by atoms with van der Waals surface area (Å²) in [6.45, 7) is 3.94. The Kier molecular flexibility index (Phi) is 4.08. The fourth-order valence-electron chi connectivity index (χ4n) is 2.28. The zero-order valence-electron chi connectivity index (χ0n) is 11.5. The molecule has 3 rings (SSSR count). The predicted octanol–water partition coefficient (Wildman–Crippen LogP) is 3.06. The third-order valence-electron chi connectivity index (χ3n) is 3.48. The van der Waals surface area contributed by atoms with Crippen LogP contribution in [0.1, 0.15) is 18.9 Å². The number of benzene rings is 1. The molecular formula is C15H18N4S. The summed E-state index contributed by atoms with van der Waals surface area (Å²) in [5, 5.41) is 11.2. The fraction of sp³-hybridized carbons (Fsp3) is 0.333. The molecule has 4 nitrogen and oxygen atoms in total. The molecule has 2 heterocycles. The van der Waals surface area contributed by atoms with E-state index in [1.165, 1.54) is 15.6 Å². The summed E-state index contributed by atoms with van der Waals surface area (Å²) in [6, 6.07) is 9.26. The Morgan fingerprint density at radius 1 is 1.35 bits per heavy atom. The molecule has 0 aliphatic heterocycles. The highest BCUT2D eigenvalue weighted by molar-refractivity contribution is 7.17. The van der Waals surface area contributed by atoms with E-state index in [1.807, 2.05) is 4.68 Å². The van der Waals surface area contributed by atoms with Crippen molar-refractivity contribution in [1.29, 1.82) is 0 Å². The molecule has 20 heavy (non-hydrogen) atoms. The van der Waals surface area contributed by atoms with Crippen molar-refractivity contribution >= 4 is 21.4 Å². The minimum atomic E-state index is 0.412. The van der Waals surface area contributed by atoms with Gasteiger partial charge in [-0.15, -0.1) is 11.3 Å². The summed E-state index contributed by atoms with van der Waals surface area (Å²) in [6.07, 6.45) is 4.42. The zero-order valence-corrected chi connectivity index (χ0v) is 12.3. The monoisotopic (exact) mass is 286 g/mol. The molecule has 0 aliphatic carbocycles. The van der Waals surface area contributed by atoms with Crippen LogP contribution in [0, 0.1) is 0 Å². The van der Waals surface area contributed by atoms with Crippen molar-refractivity contribution in [3.05, 3.63) is 47.9 Å². The first-order chi connectivity index (χ1) is 9.85. The molecule has 0 saturated heterocycles. The molecule has 1 N–H and O–H groups in total. The van der Waals surface area contributed by atoms with E-state index in [1.54, 1.807) is 24.0 Å². The molecule has 5 heteroatoms. The summed E-state index contributed by atoms with van der Waals surface area (Å²) in [7, 11) is 0. The first-order valence-electron chi connectivity index (χ1n) is 6.87. The Balaban J connectivity index is 1.61. The number of nitrogens with zero attached hydrogens (tertiary/aromatic N) is 3. The van der Waals surface area contributed by atoms with E-state index >= 15 is 0 Å². The maximum atomic E-state index is 4.16. The van der Waals surface area contributed by atoms with Crippen LogP contribution in [0.5, 0.6) is 0 Å². The van der Waals surface area contributed by atoms with Gasteiger partial charge in [-0.2, -0.15) is 5.10 Å². The second-order valence-corrected chi connectivity index (χ2v) is 5.84. The largest absolute Gasteiger partial charge is 0.308 e. The first kappa shape index (κ1) is 13.3. The summed E-state index contributed by atoms with van der Waals surface area (Å²) in [5.74, 6) is 0. The highest BCUT2D eigenvalue weighted by atomic mass is 32.1. The van der Waals surface area contributed by atoms with Gasteiger partial charge >= 0.3 is 0 Å². The van der Waals surface area contributed by atoms with Gasteiger partial charge in [0.05, 0.1) is 6.54 Å². The van der Waals surface area contributed by atoms with Crippen LogP contribution in [-0.4, -0.2) is 20.8 Å². The van der Waals surface area contributed by atoms with Gasteiger partial charge in [-0.05, 0) is 40.9 Å². The summed E-state index contributed by atoms with van der Waals surface area (Å²) in [4.78, 5) is 3.98. The fourth-order valence-corrected chi connectivity index (χ4v) is 3.05. The van der Waals surface area contributed by atoms with Gasteiger partial charge < -0.3 is 5.32 Å². The smallest absolute Gasteiger partial charge is 0.137 e. The normalized spacial score (nSPS) is 12.8. The van der Waals surface area contributed by atoms with Gasteiger partial charge in [0.25, 0.3) is 0 Å². The SMILES string of the molecule is CCC(Cn1cncn1)NCc1ccc2sccc2c1. The van der Waals surface area contributed by atoms with Gasteiger partial charge in [0.15, 0.2) is 0 Å². The average Bonchev–Trinajstić information content (AvgIpc) is 3.13. The van der Waals surface area contributed by atoms with Crippen molar-refractivity contribution in [2.24, 2.45) is 0 Å². The van der Waals surface area contributed by atoms with E-state index in [9.17, 15) is 0 Å². The third-order valence-corrected chi connectivity index (χ3v) is 4.38. The number of nitrogens with one attached hydrogen (secondary N) is 1. The lowest BCUT2D eigenvalue weighted by Gasteiger charge is -2.16. The van der Waals surface area contributed by atoms with Crippen LogP contribution in [-0.2, 0) is 13.1 Å². The van der Waals surface area contributed by atoms with Crippen molar-refractivity contribution in [1.82, 2.24) is 20.1 Å². The number of thiophene rings is 1. The molecule has 1 atom stereocenters. The maximum absolute atomic E-state index is 4.16. The minimum Gasteiger partial charge on any atom is -0.308 e. The second kappa shape index (κ2) is 6.15. The lowest BCUT2D eigenvalue weighted by atomic mass is 10.1. The van der Waals surface area contributed by atoms with Crippen LogP contribution in [0.2, 0.25) is 0 Å². The molecule has 104 valence electrons. The van der Waals surface area contributed by atoms with E-state index in [4.69, 9.17) is 0 Å². The lowest BCUT2D eigenvalue weighted by Crippen LogP contribution is -2.32. The highest BCUT2D eigenvalue weighted by Gasteiger charge is 2.07. The van der Waals surface area contributed by atoms with Gasteiger partial charge in [0.2, 0.25) is 0 Å². The zero-order chi connectivity index (χ0) is 13.8. The summed E-state index contributed by atoms with van der Waals surface area (Å²) in [5.41, 5.74) is 1.33. The molecule has 0 radical (unpaired) electrons. The molecule has 1 aromatic carbocycles. The van der Waals surface area contributed by atoms with Crippen LogP contribution >= 0.6 is 11.3 Å². The van der Waals surface area contributed by atoms with Crippen molar-refractivity contribution in [2.75, 3.05) is 0 Å². The number of hydrogen-bond donors (Lipinski definition) is 1. The van der Waals surface area contributed by atoms with Crippen LogP contribution < -0.4 is 5.32 Å². The Labute approximate surface area is 122 Å². The molecule has 0 fully saturated rings. The van der Waals surface area contributed by atoms with Gasteiger partial charge in [-0.1, -0.05) is 13.0 Å². The van der Waals surface area contributed by atoms with E-state index in [2.05, 4.69) is 52.0 Å². The van der Waals surface area contributed by atoms with Gasteiger partial charge in [-0.25, -0.2) is 4.98 Å². The number of aromatic nitrogens is 3. The highest BCUT2D eigenvalue weighted by Crippen LogP contribution is 2.21. The summed E-state index contributed by atoms with van der Waals surface area (Å²) < 4.78 is 3.23. The standard InChI is InChI=1S/C15H18N4S/c1-2-14(9-19-11-16-10-18-19)17-8-12-3-4-15-13(7-12)5-6-20-15/h3-7,10-11,14,17H,2,8-9H2,1H3. The lowest BCUT2D eigenvalue weighted by molar-refractivity contribution is 0.414. The molecule has 0 aliphatic rings. The Morgan fingerprint density at radius 2 is 2.30 bits per heavy atom. The Bertz CT molecular complexity index is 659. The molecule has 2 aromatic heterocycles. The van der Waals surface area contributed by atoms with Crippen LogP contribution in [0.4, 0.5) is 0 Å². The molecule has 3 aromatic rings. The van der Waals surface area contributed by atoms with E-state index in [0.717, 1.165) is 19.5 Å². The number of hydrogen-bond acceptors (Lipinski definition) is 4. The quantitative estimate of drug-likeness (QED) is 0.757. The maximum Gasteiger partial charge on any atom is 0.137 e. The van der Waals surface area contributed by atoms with Crippen LogP contribution in [0.15, 0.2) is 42.3 Å². The number of fused-ring (bicyclic) bond motifs is 1. The molecule has 0 bridgehead atoms. The van der Waals surface area contributed by atoms with Crippen molar-refractivity contribution in [2.45, 2.75) is 32.5 Å². The first-order valence-corrected chi connectivity index (χ1v) is 7.75. The van der Waals surface area contributed by atoms with E-state index < -0.39 is 0 Å². The molecule has 0 spiro atoms. The van der Waals surface area contributed by atoms with Gasteiger partial charge in [0, 0.05) is 17.3 Å². The topological polar surface area (TPSA) is 42.7 Å². The molecule has 1 unspecified atom stereocenters. The van der Waals surface area contributed by atoms with Crippen molar-refractivity contribution in [3.63, 3.8) is 0 Å². The summed E-state index contributed by atoms with van der Waals surface area (Å²) >= 11 is 1.79. The van der Waals surface area contributed by atoms with Crippen molar-refractivity contribution in [3.8, 4) is 0 Å². The molecule has 0 saturated carbocycles. The molecule has 0 amide bonds. The third kappa shape index (κ3) is 3.05. The van der Waals surface area contributed by atoms with Gasteiger partial charge in [0.1, 0.15) is 12.7 Å².